The lowest BCUT2D eigenvalue weighted by Crippen LogP contribution is -2.29. The monoisotopic (exact) mass is 179 g/mol. The highest BCUT2D eigenvalue weighted by atomic mass is 15.0. The zero-order valence-electron chi connectivity index (χ0n) is 7.77. The van der Waals surface area contributed by atoms with Gasteiger partial charge in [0.15, 0.2) is 0 Å². The smallest absolute Gasteiger partial charge is 0.241 e. The third kappa shape index (κ3) is 4.10. The predicted octanol–water partition coefficient (Wildman–Crippen LogP) is 1.12. The number of rotatable bonds is 2. The van der Waals surface area contributed by atoms with E-state index in [4.69, 9.17) is 0 Å². The largest absolute Gasteiger partial charge is 0.351 e. The minimum atomic E-state index is 1.11. The van der Waals surface area contributed by atoms with Gasteiger partial charge in [0.25, 0.3) is 0 Å². The minimum Gasteiger partial charge on any atom is -0.351 e. The number of aromatic amines is 2. The molecule has 2 aromatic rings. The first-order valence-corrected chi connectivity index (χ1v) is 4.38. The van der Waals surface area contributed by atoms with E-state index >= 15 is 0 Å². The fourth-order valence-electron chi connectivity index (χ4n) is 0.933. The molecule has 0 spiro atoms. The molecule has 0 unspecified atom stereocenters. The van der Waals surface area contributed by atoms with Crippen molar-refractivity contribution in [3.63, 3.8) is 0 Å². The molecule has 0 saturated heterocycles. The van der Waals surface area contributed by atoms with E-state index in [0.717, 1.165) is 6.54 Å². The molecular formula is C9H15N4+. The van der Waals surface area contributed by atoms with Crippen molar-refractivity contribution in [2.24, 2.45) is 0 Å². The minimum absolute atomic E-state index is 1.11. The molecule has 2 heterocycles. The van der Waals surface area contributed by atoms with Gasteiger partial charge in [-0.05, 0) is 6.42 Å². The second-order valence-corrected chi connectivity index (χ2v) is 2.61. The standard InChI is InChI=1S/C6H10N2.C3H4N2/c1-2-4-8-5-3-7-6-8;1-2-5-3-4-1/h3,5-6H,2,4H2,1H3;1-3H,(H,4,5)/p+1. The van der Waals surface area contributed by atoms with E-state index < -0.39 is 0 Å². The Kier molecular flexibility index (Phi) is 4.38. The normalized spacial score (nSPS) is 9.00. The number of imidazole rings is 2. The molecule has 2 aromatic heterocycles. The number of H-pyrrole nitrogens is 2. The van der Waals surface area contributed by atoms with Gasteiger partial charge in [0.1, 0.15) is 12.4 Å². The Morgan fingerprint density at radius 3 is 2.62 bits per heavy atom. The third-order valence-corrected chi connectivity index (χ3v) is 1.49. The van der Waals surface area contributed by atoms with Crippen molar-refractivity contribution in [3.8, 4) is 0 Å². The van der Waals surface area contributed by atoms with Crippen molar-refractivity contribution >= 4 is 0 Å². The first-order valence-electron chi connectivity index (χ1n) is 4.38. The van der Waals surface area contributed by atoms with E-state index in [1.165, 1.54) is 6.42 Å². The number of nitrogens with zero attached hydrogens (tertiary/aromatic N) is 2. The Labute approximate surface area is 77.7 Å². The van der Waals surface area contributed by atoms with Gasteiger partial charge in [0.05, 0.1) is 12.9 Å². The maximum absolute atomic E-state index is 3.67. The molecule has 0 aliphatic carbocycles. The summed E-state index contributed by atoms with van der Waals surface area (Å²) in [6.45, 7) is 3.28. The van der Waals surface area contributed by atoms with E-state index in [-0.39, 0.29) is 0 Å². The molecule has 4 heteroatoms. The third-order valence-electron chi connectivity index (χ3n) is 1.49. The van der Waals surface area contributed by atoms with Crippen molar-refractivity contribution in [1.82, 2.24) is 15.0 Å². The highest BCUT2D eigenvalue weighted by Crippen LogP contribution is 1.74. The van der Waals surface area contributed by atoms with E-state index in [1.54, 1.807) is 18.7 Å². The molecule has 2 rings (SSSR count). The van der Waals surface area contributed by atoms with Crippen molar-refractivity contribution in [2.75, 3.05) is 0 Å². The Morgan fingerprint density at radius 1 is 1.31 bits per heavy atom. The van der Waals surface area contributed by atoms with Crippen LogP contribution in [0.25, 0.3) is 0 Å². The van der Waals surface area contributed by atoms with Crippen LogP contribution in [0.4, 0.5) is 0 Å². The van der Waals surface area contributed by atoms with Crippen LogP contribution in [0, 0.1) is 0 Å². The van der Waals surface area contributed by atoms with E-state index in [1.807, 2.05) is 18.7 Å². The van der Waals surface area contributed by atoms with Crippen LogP contribution in [0.5, 0.6) is 0 Å². The number of aromatic nitrogens is 4. The van der Waals surface area contributed by atoms with E-state index in [2.05, 4.69) is 26.4 Å². The summed E-state index contributed by atoms with van der Waals surface area (Å²) >= 11 is 0. The molecule has 0 amide bonds. The molecule has 0 aliphatic rings. The lowest BCUT2D eigenvalue weighted by molar-refractivity contribution is -0.695. The molecule has 2 N–H and O–H groups in total. The van der Waals surface area contributed by atoms with Crippen LogP contribution < -0.4 is 4.57 Å². The Bertz CT molecular complexity index is 255. The lowest BCUT2D eigenvalue weighted by Gasteiger charge is -1.85. The van der Waals surface area contributed by atoms with Gasteiger partial charge in [-0.25, -0.2) is 9.55 Å². The Morgan fingerprint density at radius 2 is 2.23 bits per heavy atom. The highest BCUT2D eigenvalue weighted by molar-refractivity contribution is 4.64. The second-order valence-electron chi connectivity index (χ2n) is 2.61. The first-order chi connectivity index (χ1) is 6.43. The summed E-state index contributed by atoms with van der Waals surface area (Å²) in [6.07, 6.45) is 12.2. The van der Waals surface area contributed by atoms with E-state index in [9.17, 15) is 0 Å². The van der Waals surface area contributed by atoms with Crippen LogP contribution in [-0.2, 0) is 6.54 Å². The van der Waals surface area contributed by atoms with Gasteiger partial charge < -0.3 is 4.98 Å². The summed E-state index contributed by atoms with van der Waals surface area (Å²) in [4.78, 5) is 9.39. The van der Waals surface area contributed by atoms with Crippen LogP contribution in [0.2, 0.25) is 0 Å². The summed E-state index contributed by atoms with van der Waals surface area (Å²) in [6, 6.07) is 0. The second kappa shape index (κ2) is 5.99. The zero-order chi connectivity index (χ0) is 9.36. The van der Waals surface area contributed by atoms with Crippen LogP contribution in [0.1, 0.15) is 13.3 Å². The van der Waals surface area contributed by atoms with Gasteiger partial charge in [0, 0.05) is 12.4 Å². The molecular weight excluding hydrogens is 164 g/mol. The summed E-state index contributed by atoms with van der Waals surface area (Å²) in [5, 5.41) is 0. The zero-order valence-corrected chi connectivity index (χ0v) is 7.77. The van der Waals surface area contributed by atoms with Crippen LogP contribution in [-0.4, -0.2) is 15.0 Å². The molecule has 13 heavy (non-hydrogen) atoms. The molecule has 0 aliphatic heterocycles. The average Bonchev–Trinajstić information content (AvgIpc) is 2.79. The fraction of sp³-hybridized carbons (Fsp3) is 0.333. The summed E-state index contributed by atoms with van der Waals surface area (Å²) < 4.78 is 2.12. The number of hydrogen-bond donors (Lipinski definition) is 2. The number of hydrogen-bond acceptors (Lipinski definition) is 1. The van der Waals surface area contributed by atoms with Crippen LogP contribution in [0.3, 0.4) is 0 Å². The first kappa shape index (κ1) is 9.51. The molecule has 4 nitrogen and oxygen atoms in total. The quantitative estimate of drug-likeness (QED) is 0.667. The van der Waals surface area contributed by atoms with Crippen LogP contribution in [0.15, 0.2) is 37.4 Å². The molecule has 0 bridgehead atoms. The topological polar surface area (TPSA) is 48.3 Å². The molecule has 0 saturated carbocycles. The molecule has 70 valence electrons. The SMILES string of the molecule is CCC[n+]1cc[nH]c1.c1c[nH]cn1. The number of aryl methyl sites for hydroxylation is 1. The lowest BCUT2D eigenvalue weighted by atomic mass is 10.5. The highest BCUT2D eigenvalue weighted by Gasteiger charge is 1.89. The van der Waals surface area contributed by atoms with Gasteiger partial charge in [-0.2, -0.15) is 0 Å². The number of nitrogens with one attached hydrogen (secondary N) is 2. The van der Waals surface area contributed by atoms with Gasteiger partial charge in [-0.3, -0.25) is 4.98 Å². The van der Waals surface area contributed by atoms with E-state index in [0.29, 0.717) is 0 Å². The Balaban J connectivity index is 0.000000145. The maximum Gasteiger partial charge on any atom is 0.241 e. The Hall–Kier alpha value is -1.58. The van der Waals surface area contributed by atoms with Crippen molar-refractivity contribution in [3.05, 3.63) is 37.4 Å². The van der Waals surface area contributed by atoms with Crippen molar-refractivity contribution < 1.29 is 4.57 Å². The van der Waals surface area contributed by atoms with Gasteiger partial charge in [-0.15, -0.1) is 0 Å². The van der Waals surface area contributed by atoms with Crippen molar-refractivity contribution in [1.29, 1.82) is 0 Å². The summed E-state index contributed by atoms with van der Waals surface area (Å²) in [5.41, 5.74) is 0. The molecule has 0 aromatic carbocycles. The summed E-state index contributed by atoms with van der Waals surface area (Å²) in [7, 11) is 0. The summed E-state index contributed by atoms with van der Waals surface area (Å²) in [5.74, 6) is 0. The van der Waals surface area contributed by atoms with Gasteiger partial charge in [-0.1, -0.05) is 6.92 Å². The maximum atomic E-state index is 3.67. The van der Waals surface area contributed by atoms with Crippen LogP contribution >= 0.6 is 0 Å². The molecule has 0 radical (unpaired) electrons. The molecule has 0 atom stereocenters. The van der Waals surface area contributed by atoms with Gasteiger partial charge >= 0.3 is 0 Å². The predicted molar refractivity (Wildman–Crippen MR) is 49.9 cm³/mol. The van der Waals surface area contributed by atoms with Gasteiger partial charge in [0.2, 0.25) is 6.33 Å². The average molecular weight is 179 g/mol. The molecule has 0 fully saturated rings. The fourth-order valence-corrected chi connectivity index (χ4v) is 0.933. The van der Waals surface area contributed by atoms with Crippen molar-refractivity contribution in [2.45, 2.75) is 19.9 Å².